The average Bonchev–Trinajstić information content (AvgIpc) is 3.03. The van der Waals surface area contributed by atoms with E-state index in [-0.39, 0.29) is 18.2 Å². The molecule has 1 saturated heterocycles. The molecule has 0 radical (unpaired) electrons. The van der Waals surface area contributed by atoms with Gasteiger partial charge in [-0.05, 0) is 30.9 Å². The largest absolute Gasteiger partial charge is 0.341 e. The van der Waals surface area contributed by atoms with Gasteiger partial charge in [0.2, 0.25) is 11.7 Å². The van der Waals surface area contributed by atoms with Crippen LogP contribution in [0.5, 0.6) is 0 Å². The highest BCUT2D eigenvalue weighted by atomic mass is 16.2. The van der Waals surface area contributed by atoms with Gasteiger partial charge in [-0.2, -0.15) is 0 Å². The molecule has 4 heteroatoms. The van der Waals surface area contributed by atoms with Crippen LogP contribution in [0.25, 0.3) is 0 Å². The number of carbonyl (C=O) groups excluding carboxylic acids is 2. The van der Waals surface area contributed by atoms with E-state index in [2.05, 4.69) is 6.92 Å². The van der Waals surface area contributed by atoms with E-state index < -0.39 is 0 Å². The van der Waals surface area contributed by atoms with Gasteiger partial charge in [0.25, 0.3) is 0 Å². The summed E-state index contributed by atoms with van der Waals surface area (Å²) in [7, 11) is 0. The molecule has 23 heavy (non-hydrogen) atoms. The van der Waals surface area contributed by atoms with Crippen LogP contribution in [0, 0.1) is 5.92 Å². The van der Waals surface area contributed by atoms with Crippen molar-refractivity contribution in [3.05, 3.63) is 59.9 Å². The van der Waals surface area contributed by atoms with Crippen molar-refractivity contribution >= 4 is 11.7 Å². The SMILES string of the molecule is CC1CCN(C(=O)Cn2cccc2C(=O)c2ccccc2)CC1. The van der Waals surface area contributed by atoms with Gasteiger partial charge in [-0.15, -0.1) is 0 Å². The summed E-state index contributed by atoms with van der Waals surface area (Å²) in [6, 6.07) is 12.8. The number of likely N-dealkylation sites (tertiary alicyclic amines) is 1. The van der Waals surface area contributed by atoms with Crippen LogP contribution in [0.1, 0.15) is 35.8 Å². The standard InChI is InChI=1S/C19H22N2O2/c1-15-9-12-20(13-10-15)18(22)14-21-11-5-8-17(21)19(23)16-6-3-2-4-7-16/h2-8,11,15H,9-10,12-14H2,1H3. The molecule has 0 saturated carbocycles. The highest BCUT2D eigenvalue weighted by Crippen LogP contribution is 2.17. The smallest absolute Gasteiger partial charge is 0.242 e. The molecule has 4 nitrogen and oxygen atoms in total. The third-order valence-electron chi connectivity index (χ3n) is 4.54. The Kier molecular flexibility index (Phi) is 4.60. The molecule has 1 aliphatic rings. The molecule has 0 unspecified atom stereocenters. The molecule has 1 aromatic heterocycles. The van der Waals surface area contributed by atoms with Gasteiger partial charge in [-0.1, -0.05) is 37.3 Å². The molecular formula is C19H22N2O2. The molecule has 1 amide bonds. The summed E-state index contributed by atoms with van der Waals surface area (Å²) >= 11 is 0. The molecule has 120 valence electrons. The number of hydrogen-bond donors (Lipinski definition) is 0. The van der Waals surface area contributed by atoms with Crippen LogP contribution in [-0.2, 0) is 11.3 Å². The average molecular weight is 310 g/mol. The summed E-state index contributed by atoms with van der Waals surface area (Å²) in [4.78, 5) is 27.0. The zero-order valence-electron chi connectivity index (χ0n) is 13.4. The molecule has 2 aromatic rings. The van der Waals surface area contributed by atoms with Crippen LogP contribution >= 0.6 is 0 Å². The molecule has 0 N–H and O–H groups in total. The Morgan fingerprint density at radius 1 is 1.04 bits per heavy atom. The van der Waals surface area contributed by atoms with E-state index in [1.54, 1.807) is 29.0 Å². The van der Waals surface area contributed by atoms with Gasteiger partial charge in [0.05, 0.1) is 5.69 Å². The lowest BCUT2D eigenvalue weighted by Crippen LogP contribution is -2.40. The number of piperidine rings is 1. The van der Waals surface area contributed by atoms with E-state index in [9.17, 15) is 9.59 Å². The normalized spacial score (nSPS) is 15.6. The zero-order valence-corrected chi connectivity index (χ0v) is 13.4. The summed E-state index contributed by atoms with van der Waals surface area (Å²) in [5, 5.41) is 0. The fourth-order valence-electron chi connectivity index (χ4n) is 3.00. The Morgan fingerprint density at radius 3 is 2.43 bits per heavy atom. The third kappa shape index (κ3) is 3.52. The molecule has 1 aromatic carbocycles. The first kappa shape index (κ1) is 15.5. The van der Waals surface area contributed by atoms with Gasteiger partial charge in [0.1, 0.15) is 6.54 Å². The second-order valence-electron chi connectivity index (χ2n) is 6.28. The second kappa shape index (κ2) is 6.82. The molecule has 2 heterocycles. The Bertz CT molecular complexity index is 682. The van der Waals surface area contributed by atoms with Crippen LogP contribution in [0.15, 0.2) is 48.7 Å². The molecule has 0 spiro atoms. The number of amides is 1. The number of aromatic nitrogens is 1. The molecule has 3 rings (SSSR count). The highest BCUT2D eigenvalue weighted by molar-refractivity contribution is 6.08. The third-order valence-corrected chi connectivity index (χ3v) is 4.54. The van der Waals surface area contributed by atoms with Crippen LogP contribution in [0.4, 0.5) is 0 Å². The van der Waals surface area contributed by atoms with Crippen molar-refractivity contribution in [2.75, 3.05) is 13.1 Å². The lowest BCUT2D eigenvalue weighted by molar-refractivity contribution is -0.133. The lowest BCUT2D eigenvalue weighted by atomic mass is 9.99. The van der Waals surface area contributed by atoms with Gasteiger partial charge in [0, 0.05) is 24.8 Å². The van der Waals surface area contributed by atoms with Crippen molar-refractivity contribution in [1.82, 2.24) is 9.47 Å². The van der Waals surface area contributed by atoms with Gasteiger partial charge in [-0.3, -0.25) is 9.59 Å². The molecule has 1 fully saturated rings. The maximum Gasteiger partial charge on any atom is 0.242 e. The second-order valence-corrected chi connectivity index (χ2v) is 6.28. The van der Waals surface area contributed by atoms with Crippen molar-refractivity contribution in [3.63, 3.8) is 0 Å². The minimum Gasteiger partial charge on any atom is -0.341 e. The number of hydrogen-bond acceptors (Lipinski definition) is 2. The number of nitrogens with zero attached hydrogens (tertiary/aromatic N) is 2. The first-order valence-electron chi connectivity index (χ1n) is 8.18. The van der Waals surface area contributed by atoms with Gasteiger partial charge in [0.15, 0.2) is 0 Å². The predicted octanol–water partition coefficient (Wildman–Crippen LogP) is 2.98. The summed E-state index contributed by atoms with van der Waals surface area (Å²) in [6.45, 7) is 4.10. The van der Waals surface area contributed by atoms with Crippen molar-refractivity contribution in [2.45, 2.75) is 26.3 Å². The number of rotatable bonds is 4. The van der Waals surface area contributed by atoms with Crippen LogP contribution < -0.4 is 0 Å². The first-order chi connectivity index (χ1) is 11.1. The zero-order chi connectivity index (χ0) is 16.2. The van der Waals surface area contributed by atoms with E-state index in [0.29, 0.717) is 17.2 Å². The van der Waals surface area contributed by atoms with Gasteiger partial charge < -0.3 is 9.47 Å². The molecular weight excluding hydrogens is 288 g/mol. The van der Waals surface area contributed by atoms with Crippen molar-refractivity contribution in [3.8, 4) is 0 Å². The summed E-state index contributed by atoms with van der Waals surface area (Å²) < 4.78 is 1.76. The fraction of sp³-hybridized carbons (Fsp3) is 0.368. The van der Waals surface area contributed by atoms with Crippen LogP contribution in [-0.4, -0.2) is 34.2 Å². The Morgan fingerprint density at radius 2 is 1.74 bits per heavy atom. The number of benzene rings is 1. The quantitative estimate of drug-likeness (QED) is 0.815. The molecule has 0 aliphatic carbocycles. The van der Waals surface area contributed by atoms with Gasteiger partial charge >= 0.3 is 0 Å². The summed E-state index contributed by atoms with van der Waals surface area (Å²) in [6.07, 6.45) is 3.93. The van der Waals surface area contributed by atoms with E-state index >= 15 is 0 Å². The van der Waals surface area contributed by atoms with E-state index in [0.717, 1.165) is 25.9 Å². The van der Waals surface area contributed by atoms with Crippen molar-refractivity contribution in [1.29, 1.82) is 0 Å². The minimum atomic E-state index is -0.0457. The Balaban J connectivity index is 1.71. The molecule has 0 atom stereocenters. The van der Waals surface area contributed by atoms with E-state index in [1.165, 1.54) is 0 Å². The maximum atomic E-state index is 12.6. The van der Waals surface area contributed by atoms with E-state index in [4.69, 9.17) is 0 Å². The minimum absolute atomic E-state index is 0.0457. The summed E-state index contributed by atoms with van der Waals surface area (Å²) in [5.74, 6) is 0.742. The predicted molar refractivity (Wildman–Crippen MR) is 89.3 cm³/mol. The van der Waals surface area contributed by atoms with Crippen LogP contribution in [0.3, 0.4) is 0 Å². The topological polar surface area (TPSA) is 42.3 Å². The van der Waals surface area contributed by atoms with Crippen molar-refractivity contribution in [2.24, 2.45) is 5.92 Å². The lowest BCUT2D eigenvalue weighted by Gasteiger charge is -2.30. The highest BCUT2D eigenvalue weighted by Gasteiger charge is 2.22. The fourth-order valence-corrected chi connectivity index (χ4v) is 3.00. The van der Waals surface area contributed by atoms with Crippen molar-refractivity contribution < 1.29 is 9.59 Å². The first-order valence-corrected chi connectivity index (χ1v) is 8.18. The maximum absolute atomic E-state index is 12.6. The Hall–Kier alpha value is -2.36. The monoisotopic (exact) mass is 310 g/mol. The molecule has 1 aliphatic heterocycles. The Labute approximate surface area is 136 Å². The van der Waals surface area contributed by atoms with Crippen LogP contribution in [0.2, 0.25) is 0 Å². The molecule has 0 bridgehead atoms. The van der Waals surface area contributed by atoms with Gasteiger partial charge in [-0.25, -0.2) is 0 Å². The van der Waals surface area contributed by atoms with E-state index in [1.807, 2.05) is 29.2 Å². The summed E-state index contributed by atoms with van der Waals surface area (Å²) in [5.41, 5.74) is 1.21. The number of carbonyl (C=O) groups is 2. The number of ketones is 1.